The van der Waals surface area contributed by atoms with E-state index >= 15 is 0 Å². The number of aliphatic hydroxyl groups is 1. The van der Waals surface area contributed by atoms with Crippen molar-refractivity contribution in [3.05, 3.63) is 22.4 Å². The molecule has 0 radical (unpaired) electrons. The van der Waals surface area contributed by atoms with Crippen molar-refractivity contribution in [1.82, 2.24) is 10.6 Å². The van der Waals surface area contributed by atoms with Gasteiger partial charge in [-0.05, 0) is 11.4 Å². The standard InChI is InChI=1S/C11H16N2O3S/c1-8(15)13-9(10-3-2-6-17-10)7-11(16)12-4-5-14/h2-3,6,9,14H,4-5,7H2,1H3,(H,12,16)(H,13,15). The van der Waals surface area contributed by atoms with Crippen LogP contribution in [0.5, 0.6) is 0 Å². The lowest BCUT2D eigenvalue weighted by Gasteiger charge is -2.15. The van der Waals surface area contributed by atoms with Gasteiger partial charge in [-0.3, -0.25) is 9.59 Å². The van der Waals surface area contributed by atoms with Gasteiger partial charge in [0.2, 0.25) is 11.8 Å². The molecule has 0 spiro atoms. The number of nitrogens with one attached hydrogen (secondary N) is 2. The van der Waals surface area contributed by atoms with Gasteiger partial charge < -0.3 is 15.7 Å². The van der Waals surface area contributed by atoms with Crippen LogP contribution in [0, 0.1) is 0 Å². The molecule has 0 fully saturated rings. The van der Waals surface area contributed by atoms with Gasteiger partial charge in [-0.15, -0.1) is 11.3 Å². The number of carbonyl (C=O) groups is 2. The first-order valence-corrected chi connectivity index (χ1v) is 6.19. The predicted molar refractivity (Wildman–Crippen MR) is 65.6 cm³/mol. The molecule has 0 bridgehead atoms. The second kappa shape index (κ2) is 7.03. The summed E-state index contributed by atoms with van der Waals surface area (Å²) in [5.41, 5.74) is 0. The van der Waals surface area contributed by atoms with E-state index in [4.69, 9.17) is 5.11 Å². The molecule has 0 aliphatic carbocycles. The van der Waals surface area contributed by atoms with Gasteiger partial charge in [0, 0.05) is 18.3 Å². The van der Waals surface area contributed by atoms with Crippen molar-refractivity contribution >= 4 is 23.2 Å². The average molecular weight is 256 g/mol. The molecule has 1 aromatic heterocycles. The third-order valence-electron chi connectivity index (χ3n) is 2.09. The normalized spacial score (nSPS) is 11.9. The van der Waals surface area contributed by atoms with Crippen LogP contribution < -0.4 is 10.6 Å². The Hall–Kier alpha value is -1.40. The summed E-state index contributed by atoms with van der Waals surface area (Å²) in [4.78, 5) is 23.5. The number of hydrogen-bond acceptors (Lipinski definition) is 4. The molecule has 0 aliphatic rings. The first-order chi connectivity index (χ1) is 8.13. The average Bonchev–Trinajstić information content (AvgIpc) is 2.78. The van der Waals surface area contributed by atoms with Crippen molar-refractivity contribution < 1.29 is 14.7 Å². The molecule has 0 saturated heterocycles. The zero-order valence-electron chi connectivity index (χ0n) is 9.60. The Bertz CT molecular complexity index is 365. The molecule has 2 amide bonds. The lowest BCUT2D eigenvalue weighted by Crippen LogP contribution is -2.33. The Morgan fingerprint density at radius 2 is 2.29 bits per heavy atom. The van der Waals surface area contributed by atoms with Crippen LogP contribution in [0.3, 0.4) is 0 Å². The second-order valence-electron chi connectivity index (χ2n) is 3.55. The zero-order chi connectivity index (χ0) is 12.7. The summed E-state index contributed by atoms with van der Waals surface area (Å²) in [6, 6.07) is 3.46. The van der Waals surface area contributed by atoms with Crippen LogP contribution in [-0.4, -0.2) is 30.1 Å². The highest BCUT2D eigenvalue weighted by Crippen LogP contribution is 2.21. The first kappa shape index (κ1) is 13.7. The SMILES string of the molecule is CC(=O)NC(CC(=O)NCCO)c1cccs1. The van der Waals surface area contributed by atoms with Crippen LogP contribution in [0.25, 0.3) is 0 Å². The maximum Gasteiger partial charge on any atom is 0.222 e. The Kier molecular flexibility index (Phi) is 5.65. The number of rotatable bonds is 6. The van der Waals surface area contributed by atoms with E-state index in [-0.39, 0.29) is 37.4 Å². The summed E-state index contributed by atoms with van der Waals surface area (Å²) in [5.74, 6) is -0.357. The van der Waals surface area contributed by atoms with E-state index in [9.17, 15) is 9.59 Å². The van der Waals surface area contributed by atoms with Gasteiger partial charge in [0.1, 0.15) is 0 Å². The molecule has 0 saturated carbocycles. The fourth-order valence-corrected chi connectivity index (χ4v) is 2.19. The molecule has 0 aromatic carbocycles. The molecule has 1 rings (SSSR count). The summed E-state index contributed by atoms with van der Waals surface area (Å²) in [7, 11) is 0. The molecule has 6 heteroatoms. The molecule has 0 aliphatic heterocycles. The maximum atomic E-state index is 11.5. The predicted octanol–water partition coefficient (Wildman–Crippen LogP) is 0.424. The third kappa shape index (κ3) is 4.97. The fourth-order valence-electron chi connectivity index (χ4n) is 1.41. The number of aliphatic hydroxyl groups excluding tert-OH is 1. The number of carbonyl (C=O) groups excluding carboxylic acids is 2. The summed E-state index contributed by atoms with van der Waals surface area (Å²) in [6.45, 7) is 1.57. The highest BCUT2D eigenvalue weighted by Gasteiger charge is 2.17. The van der Waals surface area contributed by atoms with Gasteiger partial charge in [-0.25, -0.2) is 0 Å². The summed E-state index contributed by atoms with van der Waals surface area (Å²) in [5, 5.41) is 15.8. The quantitative estimate of drug-likeness (QED) is 0.690. The summed E-state index contributed by atoms with van der Waals surface area (Å²) >= 11 is 1.49. The van der Waals surface area contributed by atoms with E-state index in [0.29, 0.717) is 0 Å². The van der Waals surface area contributed by atoms with Crippen molar-refractivity contribution in [2.45, 2.75) is 19.4 Å². The molecule has 3 N–H and O–H groups in total. The van der Waals surface area contributed by atoms with Gasteiger partial charge in [-0.2, -0.15) is 0 Å². The van der Waals surface area contributed by atoms with Crippen LogP contribution in [0.2, 0.25) is 0 Å². The second-order valence-corrected chi connectivity index (χ2v) is 4.53. The van der Waals surface area contributed by atoms with Gasteiger partial charge in [0.25, 0.3) is 0 Å². The minimum Gasteiger partial charge on any atom is -0.395 e. The molecule has 1 unspecified atom stereocenters. The number of thiophene rings is 1. The minimum absolute atomic E-state index is 0.0878. The fraction of sp³-hybridized carbons (Fsp3) is 0.455. The van der Waals surface area contributed by atoms with Crippen LogP contribution in [0.1, 0.15) is 24.3 Å². The molecular weight excluding hydrogens is 240 g/mol. The van der Waals surface area contributed by atoms with E-state index in [0.717, 1.165) is 4.88 Å². The number of amides is 2. The molecule has 1 atom stereocenters. The summed E-state index contributed by atoms with van der Waals surface area (Å²) < 4.78 is 0. The smallest absolute Gasteiger partial charge is 0.222 e. The van der Waals surface area contributed by atoms with E-state index in [1.165, 1.54) is 18.3 Å². The largest absolute Gasteiger partial charge is 0.395 e. The van der Waals surface area contributed by atoms with Crippen molar-refractivity contribution in [1.29, 1.82) is 0 Å². The van der Waals surface area contributed by atoms with Crippen LogP contribution in [-0.2, 0) is 9.59 Å². The molecule has 1 heterocycles. The molecule has 5 nitrogen and oxygen atoms in total. The van der Waals surface area contributed by atoms with Crippen molar-refractivity contribution in [3.8, 4) is 0 Å². The van der Waals surface area contributed by atoms with Crippen LogP contribution >= 0.6 is 11.3 Å². The Labute approximate surface area is 104 Å². The third-order valence-corrected chi connectivity index (χ3v) is 3.07. The topological polar surface area (TPSA) is 78.4 Å². The molecular formula is C11H16N2O3S. The van der Waals surface area contributed by atoms with Gasteiger partial charge in [-0.1, -0.05) is 6.07 Å². The lowest BCUT2D eigenvalue weighted by atomic mass is 10.1. The Morgan fingerprint density at radius 3 is 2.82 bits per heavy atom. The lowest BCUT2D eigenvalue weighted by molar-refractivity contribution is -0.122. The van der Waals surface area contributed by atoms with Crippen LogP contribution in [0.15, 0.2) is 17.5 Å². The van der Waals surface area contributed by atoms with Crippen molar-refractivity contribution in [2.24, 2.45) is 0 Å². The first-order valence-electron chi connectivity index (χ1n) is 5.31. The highest BCUT2D eigenvalue weighted by atomic mass is 32.1. The van der Waals surface area contributed by atoms with E-state index < -0.39 is 0 Å². The Morgan fingerprint density at radius 1 is 1.53 bits per heavy atom. The monoisotopic (exact) mass is 256 g/mol. The molecule has 94 valence electrons. The van der Waals surface area contributed by atoms with E-state index in [1.807, 2.05) is 17.5 Å². The summed E-state index contributed by atoms with van der Waals surface area (Å²) in [6.07, 6.45) is 0.181. The van der Waals surface area contributed by atoms with E-state index in [2.05, 4.69) is 10.6 Å². The zero-order valence-corrected chi connectivity index (χ0v) is 10.4. The molecule has 1 aromatic rings. The molecule has 17 heavy (non-hydrogen) atoms. The minimum atomic E-state index is -0.300. The van der Waals surface area contributed by atoms with E-state index in [1.54, 1.807) is 0 Å². The highest BCUT2D eigenvalue weighted by molar-refractivity contribution is 7.10. The Balaban J connectivity index is 2.58. The van der Waals surface area contributed by atoms with Gasteiger partial charge in [0.15, 0.2) is 0 Å². The van der Waals surface area contributed by atoms with Crippen molar-refractivity contribution in [2.75, 3.05) is 13.2 Å². The van der Waals surface area contributed by atoms with Crippen LogP contribution in [0.4, 0.5) is 0 Å². The number of hydrogen-bond donors (Lipinski definition) is 3. The van der Waals surface area contributed by atoms with Gasteiger partial charge in [0.05, 0.1) is 19.1 Å². The maximum absolute atomic E-state index is 11.5. The van der Waals surface area contributed by atoms with Gasteiger partial charge >= 0.3 is 0 Å². The van der Waals surface area contributed by atoms with Crippen molar-refractivity contribution in [3.63, 3.8) is 0 Å².